The molecule has 1 radical (unpaired) electrons. The van der Waals surface area contributed by atoms with Crippen molar-refractivity contribution in [3.63, 3.8) is 0 Å². The second-order valence-electron chi connectivity index (χ2n) is 8.56. The number of nitrogens with one attached hydrogen (secondary N) is 1. The van der Waals surface area contributed by atoms with Crippen LogP contribution in [0, 0.1) is 0 Å². The Bertz CT molecular complexity index is 712. The lowest BCUT2D eigenvalue weighted by Gasteiger charge is -2.12. The Hall–Kier alpha value is -2.13. The van der Waals surface area contributed by atoms with Gasteiger partial charge in [0, 0.05) is 24.7 Å². The van der Waals surface area contributed by atoms with Gasteiger partial charge in [-0.1, -0.05) is 107 Å². The first-order chi connectivity index (χ1) is 15.2. The Kier molecular flexibility index (Phi) is 12.7. The lowest BCUT2D eigenvalue weighted by atomic mass is 10.1. The Balaban J connectivity index is 1.55. The highest BCUT2D eigenvalue weighted by molar-refractivity contribution is 5.94. The van der Waals surface area contributed by atoms with Crippen LogP contribution >= 0.6 is 0 Å². The molecule has 0 aromatic heterocycles. The Morgan fingerprint density at radius 3 is 2.00 bits per heavy atom. The number of nitrogens with zero attached hydrogens (tertiary/aromatic N) is 1. The molecular weight excluding hydrogens is 380 g/mol. The molecule has 0 fully saturated rings. The molecule has 1 atom stereocenters. The van der Waals surface area contributed by atoms with E-state index in [1.54, 1.807) is 0 Å². The molecule has 0 saturated heterocycles. The molecule has 0 spiro atoms. The SMILES string of the molecule is CCCCCCCCCCCCNC(=O)c1ccc(C[N][C@H](C)c2ccccc2)cc1. The maximum Gasteiger partial charge on any atom is 0.251 e. The first-order valence-corrected chi connectivity index (χ1v) is 12.3. The average Bonchev–Trinajstić information content (AvgIpc) is 2.81. The van der Waals surface area contributed by atoms with E-state index in [9.17, 15) is 4.79 Å². The van der Waals surface area contributed by atoms with Gasteiger partial charge in [-0.15, -0.1) is 0 Å². The first-order valence-electron chi connectivity index (χ1n) is 12.3. The van der Waals surface area contributed by atoms with E-state index in [0.717, 1.165) is 24.1 Å². The number of benzene rings is 2. The van der Waals surface area contributed by atoms with Crippen LogP contribution in [0.2, 0.25) is 0 Å². The van der Waals surface area contributed by atoms with Crippen LogP contribution in [-0.2, 0) is 6.54 Å². The van der Waals surface area contributed by atoms with Crippen molar-refractivity contribution in [3.05, 3.63) is 71.3 Å². The third-order valence-corrected chi connectivity index (χ3v) is 5.86. The zero-order valence-corrected chi connectivity index (χ0v) is 19.6. The van der Waals surface area contributed by atoms with Gasteiger partial charge in [-0.2, -0.15) is 0 Å². The molecule has 0 aliphatic heterocycles. The summed E-state index contributed by atoms with van der Waals surface area (Å²) in [7, 11) is 0. The molecule has 2 aromatic carbocycles. The number of hydrogen-bond donors (Lipinski definition) is 1. The largest absolute Gasteiger partial charge is 0.352 e. The zero-order chi connectivity index (χ0) is 22.2. The molecule has 0 aliphatic rings. The maximum absolute atomic E-state index is 12.3. The number of hydrogen-bond acceptors (Lipinski definition) is 1. The summed E-state index contributed by atoms with van der Waals surface area (Å²) in [5.74, 6) is 0.0251. The maximum atomic E-state index is 12.3. The highest BCUT2D eigenvalue weighted by Gasteiger charge is 2.07. The summed E-state index contributed by atoms with van der Waals surface area (Å²) in [6.45, 7) is 5.81. The van der Waals surface area contributed by atoms with E-state index >= 15 is 0 Å². The minimum Gasteiger partial charge on any atom is -0.352 e. The van der Waals surface area contributed by atoms with Gasteiger partial charge in [0.15, 0.2) is 0 Å². The summed E-state index contributed by atoms with van der Waals surface area (Å²) in [6.07, 6.45) is 13.1. The lowest BCUT2D eigenvalue weighted by molar-refractivity contribution is 0.0953. The Morgan fingerprint density at radius 1 is 0.806 bits per heavy atom. The van der Waals surface area contributed by atoms with E-state index < -0.39 is 0 Å². The summed E-state index contributed by atoms with van der Waals surface area (Å²) < 4.78 is 0. The van der Waals surface area contributed by atoms with Crippen LogP contribution < -0.4 is 10.6 Å². The van der Waals surface area contributed by atoms with Gasteiger partial charge in [0.1, 0.15) is 0 Å². The summed E-state index contributed by atoms with van der Waals surface area (Å²) in [4.78, 5) is 12.3. The van der Waals surface area contributed by atoms with E-state index in [4.69, 9.17) is 5.32 Å². The second kappa shape index (κ2) is 15.6. The van der Waals surface area contributed by atoms with E-state index in [0.29, 0.717) is 6.54 Å². The second-order valence-corrected chi connectivity index (χ2v) is 8.56. The van der Waals surface area contributed by atoms with Crippen LogP contribution in [0.4, 0.5) is 0 Å². The molecule has 2 rings (SSSR count). The highest BCUT2D eigenvalue weighted by atomic mass is 16.1. The number of rotatable bonds is 16. The molecule has 1 N–H and O–H groups in total. The minimum atomic E-state index is 0.0251. The summed E-state index contributed by atoms with van der Waals surface area (Å²) in [6, 6.07) is 18.3. The molecule has 3 heteroatoms. The van der Waals surface area contributed by atoms with Gasteiger partial charge in [-0.3, -0.25) is 4.79 Å². The van der Waals surface area contributed by atoms with Gasteiger partial charge in [0.2, 0.25) is 0 Å². The smallest absolute Gasteiger partial charge is 0.251 e. The molecule has 0 aliphatic carbocycles. The van der Waals surface area contributed by atoms with Crippen LogP contribution in [0.25, 0.3) is 0 Å². The zero-order valence-electron chi connectivity index (χ0n) is 19.6. The van der Waals surface area contributed by atoms with Crippen LogP contribution in [0.3, 0.4) is 0 Å². The van der Waals surface area contributed by atoms with Crippen molar-refractivity contribution in [2.75, 3.05) is 6.54 Å². The average molecular weight is 422 g/mol. The topological polar surface area (TPSA) is 43.2 Å². The van der Waals surface area contributed by atoms with Crippen LogP contribution in [0.1, 0.15) is 106 Å². The van der Waals surface area contributed by atoms with E-state index in [-0.39, 0.29) is 11.9 Å². The van der Waals surface area contributed by atoms with Gasteiger partial charge in [-0.05, 0) is 36.6 Å². The molecule has 0 unspecified atom stereocenters. The van der Waals surface area contributed by atoms with Crippen LogP contribution in [0.15, 0.2) is 54.6 Å². The minimum absolute atomic E-state index is 0.0251. The normalized spacial score (nSPS) is 11.9. The molecule has 0 saturated carbocycles. The molecule has 31 heavy (non-hydrogen) atoms. The van der Waals surface area contributed by atoms with Crippen molar-refractivity contribution in [1.29, 1.82) is 0 Å². The third-order valence-electron chi connectivity index (χ3n) is 5.86. The number of carbonyl (C=O) groups excluding carboxylic acids is 1. The molecule has 0 bridgehead atoms. The predicted octanol–water partition coefficient (Wildman–Crippen LogP) is 7.20. The monoisotopic (exact) mass is 421 g/mol. The van der Waals surface area contributed by atoms with Crippen molar-refractivity contribution < 1.29 is 4.79 Å². The van der Waals surface area contributed by atoms with Gasteiger partial charge < -0.3 is 5.32 Å². The van der Waals surface area contributed by atoms with Gasteiger partial charge in [0.05, 0.1) is 0 Å². The molecule has 1 amide bonds. The molecule has 0 heterocycles. The Morgan fingerprint density at radius 2 is 1.39 bits per heavy atom. The number of amides is 1. The summed E-state index contributed by atoms with van der Waals surface area (Å²) in [5.41, 5.74) is 3.09. The quantitative estimate of drug-likeness (QED) is 0.286. The van der Waals surface area contributed by atoms with Crippen LogP contribution in [-0.4, -0.2) is 12.5 Å². The van der Waals surface area contributed by atoms with E-state index in [1.807, 2.05) is 42.5 Å². The van der Waals surface area contributed by atoms with E-state index in [1.165, 1.54) is 63.4 Å². The van der Waals surface area contributed by atoms with Crippen molar-refractivity contribution in [3.8, 4) is 0 Å². The van der Waals surface area contributed by atoms with Gasteiger partial charge in [0.25, 0.3) is 5.91 Å². The molecule has 3 nitrogen and oxygen atoms in total. The summed E-state index contributed by atoms with van der Waals surface area (Å²) >= 11 is 0. The first kappa shape index (κ1) is 25.1. The highest BCUT2D eigenvalue weighted by Crippen LogP contribution is 2.14. The Labute approximate surface area is 190 Å². The van der Waals surface area contributed by atoms with Crippen molar-refractivity contribution in [1.82, 2.24) is 10.6 Å². The van der Waals surface area contributed by atoms with Crippen molar-refractivity contribution >= 4 is 5.91 Å². The standard InChI is InChI=1S/C28H41N2O/c1-3-4-5-6-7-8-9-10-11-15-22-29-28(31)27-20-18-25(19-21-27)23-30-24(2)26-16-13-12-14-17-26/h12-14,16-21,24H,3-11,15,22-23H2,1-2H3,(H,29,31)/t24-/m1/s1. The van der Waals surface area contributed by atoms with Crippen molar-refractivity contribution in [2.24, 2.45) is 0 Å². The molecule has 2 aromatic rings. The predicted molar refractivity (Wildman–Crippen MR) is 131 cm³/mol. The fourth-order valence-electron chi connectivity index (χ4n) is 3.76. The fraction of sp³-hybridized carbons (Fsp3) is 0.536. The van der Waals surface area contributed by atoms with Crippen molar-refractivity contribution in [2.45, 2.75) is 90.6 Å². The summed E-state index contributed by atoms with van der Waals surface area (Å²) in [5, 5.41) is 7.80. The molecule has 169 valence electrons. The van der Waals surface area contributed by atoms with Gasteiger partial charge >= 0.3 is 0 Å². The number of carbonyl (C=O) groups is 1. The van der Waals surface area contributed by atoms with Gasteiger partial charge in [-0.25, -0.2) is 5.32 Å². The van der Waals surface area contributed by atoms with E-state index in [2.05, 4.69) is 31.3 Å². The lowest BCUT2D eigenvalue weighted by Crippen LogP contribution is -2.24. The van der Waals surface area contributed by atoms with Crippen LogP contribution in [0.5, 0.6) is 0 Å². The molecular formula is C28H41N2O. The number of unbranched alkanes of at least 4 members (excludes halogenated alkanes) is 9. The third kappa shape index (κ3) is 10.6. The fourth-order valence-corrected chi connectivity index (χ4v) is 3.76.